The Morgan fingerprint density at radius 3 is 2.33 bits per heavy atom. The number of hydrogen-bond donors (Lipinski definition) is 2. The van der Waals surface area contributed by atoms with Crippen molar-refractivity contribution in [1.82, 2.24) is 9.80 Å². The molecule has 0 aromatic carbocycles. The number of aliphatic hydroxyl groups excluding tert-OH is 1. The lowest BCUT2D eigenvalue weighted by Gasteiger charge is -2.48. The van der Waals surface area contributed by atoms with Crippen molar-refractivity contribution in [1.29, 1.82) is 0 Å². The molecule has 1 saturated heterocycles. The summed E-state index contributed by atoms with van der Waals surface area (Å²) in [7, 11) is 1.60. The van der Waals surface area contributed by atoms with Gasteiger partial charge in [-0.3, -0.25) is 14.6 Å². The van der Waals surface area contributed by atoms with Crippen LogP contribution in [0.25, 0.3) is 0 Å². The van der Waals surface area contributed by atoms with E-state index in [1.165, 1.54) is 11.8 Å². The van der Waals surface area contributed by atoms with E-state index in [1.54, 1.807) is 39.6 Å². The number of amides is 1. The number of rotatable bonds is 7. The van der Waals surface area contributed by atoms with Gasteiger partial charge in [-0.15, -0.1) is 0 Å². The number of aliphatic carboxylic acids is 1. The zero-order valence-corrected chi connectivity index (χ0v) is 17.4. The quantitative estimate of drug-likeness (QED) is 0.643. The maximum Gasteiger partial charge on any atom is 0.411 e. The summed E-state index contributed by atoms with van der Waals surface area (Å²) in [5, 5.41) is 19.5. The van der Waals surface area contributed by atoms with E-state index in [1.807, 2.05) is 6.92 Å². The molecule has 27 heavy (non-hydrogen) atoms. The van der Waals surface area contributed by atoms with Crippen molar-refractivity contribution in [3.8, 4) is 0 Å². The van der Waals surface area contributed by atoms with E-state index in [-0.39, 0.29) is 12.5 Å². The number of aliphatic hydroxyl groups is 1. The Kier molecular flexibility index (Phi) is 7.41. The molecule has 8 heteroatoms. The minimum absolute atomic E-state index is 0.0637. The Balaban J connectivity index is 3.33. The van der Waals surface area contributed by atoms with E-state index >= 15 is 0 Å². The minimum atomic E-state index is -1.16. The van der Waals surface area contributed by atoms with Crippen LogP contribution in [0.2, 0.25) is 0 Å². The highest BCUT2D eigenvalue weighted by Gasteiger charge is 2.54. The zero-order valence-electron chi connectivity index (χ0n) is 17.4. The van der Waals surface area contributed by atoms with Gasteiger partial charge < -0.3 is 19.7 Å². The van der Waals surface area contributed by atoms with Crippen LogP contribution < -0.4 is 0 Å². The number of ether oxygens (including phenoxy) is 1. The third kappa shape index (κ3) is 4.99. The van der Waals surface area contributed by atoms with Crippen molar-refractivity contribution in [2.24, 2.45) is 0 Å². The molecule has 0 spiro atoms. The fourth-order valence-corrected chi connectivity index (χ4v) is 4.09. The van der Waals surface area contributed by atoms with E-state index < -0.39 is 41.4 Å². The number of likely N-dealkylation sites (N-methyl/N-ethyl adjacent to an activating group) is 1. The van der Waals surface area contributed by atoms with Crippen molar-refractivity contribution < 1.29 is 29.3 Å². The van der Waals surface area contributed by atoms with Gasteiger partial charge in [-0.1, -0.05) is 0 Å². The van der Waals surface area contributed by atoms with Gasteiger partial charge in [-0.05, 0) is 61.4 Å². The summed E-state index contributed by atoms with van der Waals surface area (Å²) in [5.74, 6) is -1.16. The van der Waals surface area contributed by atoms with Crippen molar-refractivity contribution in [2.45, 2.75) is 96.2 Å². The van der Waals surface area contributed by atoms with Crippen LogP contribution in [0.3, 0.4) is 0 Å². The first-order chi connectivity index (χ1) is 12.3. The van der Waals surface area contributed by atoms with Gasteiger partial charge >= 0.3 is 12.1 Å². The SMILES string of the molecule is CC1CCC(CC=O)(C(C)N(C)[C@H](C(=O)O)[C@@H](C)O)N1C(=O)OC(C)(C)C. The lowest BCUT2D eigenvalue weighted by molar-refractivity contribution is -0.149. The second kappa shape index (κ2) is 8.56. The van der Waals surface area contributed by atoms with Gasteiger partial charge in [-0.25, -0.2) is 4.79 Å². The number of carboxylic acid groups (broad SMARTS) is 1. The molecule has 0 aromatic rings. The molecule has 0 aromatic heterocycles. The molecule has 5 atom stereocenters. The number of hydrogen-bond acceptors (Lipinski definition) is 6. The average Bonchev–Trinajstić information content (AvgIpc) is 2.82. The lowest BCUT2D eigenvalue weighted by atomic mass is 9.83. The molecule has 0 bridgehead atoms. The maximum atomic E-state index is 12.9. The third-order valence-electron chi connectivity index (χ3n) is 5.48. The number of carbonyl (C=O) groups excluding carboxylic acids is 2. The maximum absolute atomic E-state index is 12.9. The highest BCUT2D eigenvalue weighted by atomic mass is 16.6. The standard InChI is InChI=1S/C19H34N2O6/c1-12-8-9-19(10-11-22,21(12)17(26)27-18(4,5)6)14(3)20(7)15(13(2)23)16(24)25/h11-15,23H,8-10H2,1-7H3,(H,24,25)/t12?,13-,14?,15+,19?/m1/s1. The van der Waals surface area contributed by atoms with Crippen LogP contribution in [-0.2, 0) is 14.3 Å². The van der Waals surface area contributed by atoms with Crippen LogP contribution in [0.5, 0.6) is 0 Å². The first-order valence-electron chi connectivity index (χ1n) is 9.37. The Morgan fingerprint density at radius 2 is 1.93 bits per heavy atom. The topological polar surface area (TPSA) is 107 Å². The predicted octanol–water partition coefficient (Wildman–Crippen LogP) is 1.89. The van der Waals surface area contributed by atoms with Gasteiger partial charge in [-0.2, -0.15) is 0 Å². The molecule has 0 aliphatic carbocycles. The van der Waals surface area contributed by atoms with Crippen LogP contribution in [-0.4, -0.2) is 80.8 Å². The molecule has 156 valence electrons. The van der Waals surface area contributed by atoms with E-state index in [2.05, 4.69) is 0 Å². The fourth-order valence-electron chi connectivity index (χ4n) is 4.09. The van der Waals surface area contributed by atoms with Crippen molar-refractivity contribution >= 4 is 18.3 Å². The first kappa shape index (κ1) is 23.4. The third-order valence-corrected chi connectivity index (χ3v) is 5.48. The van der Waals surface area contributed by atoms with E-state index in [9.17, 15) is 24.6 Å². The van der Waals surface area contributed by atoms with Crippen molar-refractivity contribution in [3.63, 3.8) is 0 Å². The largest absolute Gasteiger partial charge is 0.480 e. The predicted molar refractivity (Wildman–Crippen MR) is 101 cm³/mol. The van der Waals surface area contributed by atoms with Gasteiger partial charge in [0.15, 0.2) is 0 Å². The normalized spacial score (nSPS) is 26.6. The van der Waals surface area contributed by atoms with Crippen LogP contribution in [0.4, 0.5) is 4.79 Å². The summed E-state index contributed by atoms with van der Waals surface area (Å²) < 4.78 is 5.57. The highest BCUT2D eigenvalue weighted by molar-refractivity contribution is 5.74. The summed E-state index contributed by atoms with van der Waals surface area (Å²) in [5.41, 5.74) is -1.59. The first-order valence-corrected chi connectivity index (χ1v) is 9.37. The molecule has 1 rings (SSSR count). The number of aldehydes is 1. The van der Waals surface area contributed by atoms with Crippen LogP contribution in [0, 0.1) is 0 Å². The van der Waals surface area contributed by atoms with Gasteiger partial charge in [0.25, 0.3) is 0 Å². The number of likely N-dealkylation sites (tertiary alicyclic amines) is 1. The molecule has 2 N–H and O–H groups in total. The van der Waals surface area contributed by atoms with E-state index in [0.717, 1.165) is 6.29 Å². The average molecular weight is 386 g/mol. The second-order valence-electron chi connectivity index (χ2n) is 8.58. The van der Waals surface area contributed by atoms with Crippen LogP contribution in [0.15, 0.2) is 0 Å². The molecule has 0 radical (unpaired) electrons. The molecule has 1 fully saturated rings. The van der Waals surface area contributed by atoms with Crippen molar-refractivity contribution in [2.75, 3.05) is 7.05 Å². The Hall–Kier alpha value is -1.67. The second-order valence-corrected chi connectivity index (χ2v) is 8.58. The summed E-state index contributed by atoms with van der Waals surface area (Å²) in [6, 6.07) is -1.79. The molecule has 1 aliphatic heterocycles. The smallest absolute Gasteiger partial charge is 0.411 e. The van der Waals surface area contributed by atoms with E-state index in [0.29, 0.717) is 12.8 Å². The molecule has 1 heterocycles. The Morgan fingerprint density at radius 1 is 1.37 bits per heavy atom. The van der Waals surface area contributed by atoms with Gasteiger partial charge in [0.2, 0.25) is 0 Å². The monoisotopic (exact) mass is 386 g/mol. The zero-order chi connectivity index (χ0) is 21.2. The molecular formula is C19H34N2O6. The minimum Gasteiger partial charge on any atom is -0.480 e. The van der Waals surface area contributed by atoms with Crippen molar-refractivity contribution in [3.05, 3.63) is 0 Å². The fraction of sp³-hybridized carbons (Fsp3) is 0.842. The van der Waals surface area contributed by atoms with E-state index in [4.69, 9.17) is 4.74 Å². The van der Waals surface area contributed by atoms with Crippen LogP contribution in [0.1, 0.15) is 60.8 Å². The number of nitrogens with zero attached hydrogens (tertiary/aromatic N) is 2. The molecule has 1 amide bonds. The molecular weight excluding hydrogens is 352 g/mol. The van der Waals surface area contributed by atoms with Gasteiger partial charge in [0, 0.05) is 18.5 Å². The summed E-state index contributed by atoms with van der Waals surface area (Å²) >= 11 is 0. The van der Waals surface area contributed by atoms with Crippen LogP contribution >= 0.6 is 0 Å². The highest BCUT2D eigenvalue weighted by Crippen LogP contribution is 2.42. The Bertz CT molecular complexity index is 559. The Labute approximate surface area is 161 Å². The summed E-state index contributed by atoms with van der Waals surface area (Å²) in [6.07, 6.45) is 0.420. The molecule has 1 aliphatic rings. The summed E-state index contributed by atoms with van der Waals surface area (Å²) in [4.78, 5) is 39.2. The van der Waals surface area contributed by atoms with Gasteiger partial charge in [0.1, 0.15) is 17.9 Å². The number of carboxylic acids is 1. The summed E-state index contributed by atoms with van der Waals surface area (Å²) in [6.45, 7) is 10.4. The number of carbonyl (C=O) groups is 3. The molecule has 8 nitrogen and oxygen atoms in total. The molecule has 0 saturated carbocycles. The van der Waals surface area contributed by atoms with Gasteiger partial charge in [0.05, 0.1) is 11.6 Å². The lowest BCUT2D eigenvalue weighted by Crippen LogP contribution is -2.64. The molecule has 3 unspecified atom stereocenters.